The summed E-state index contributed by atoms with van der Waals surface area (Å²) in [5, 5.41) is 3.35. The van der Waals surface area contributed by atoms with E-state index in [1.807, 2.05) is 29.9 Å². The molecule has 0 spiro atoms. The van der Waals surface area contributed by atoms with Crippen LogP contribution < -0.4 is 11.1 Å². The second kappa shape index (κ2) is 6.15. The standard InChI is InChI=1S/C14H18N4O/c1-18-9-8-17-13(18)6-7-16-10-11-2-4-12(5-3-11)14(15)19/h2-5,8-9,16H,6-7,10H2,1H3,(H2,15,19). The molecule has 1 aromatic heterocycles. The van der Waals surface area contributed by atoms with E-state index >= 15 is 0 Å². The van der Waals surface area contributed by atoms with E-state index in [1.54, 1.807) is 18.3 Å². The number of nitrogens with one attached hydrogen (secondary N) is 1. The maximum atomic E-state index is 10.9. The molecular formula is C14H18N4O. The van der Waals surface area contributed by atoms with Gasteiger partial charge in [-0.3, -0.25) is 4.79 Å². The van der Waals surface area contributed by atoms with Crippen molar-refractivity contribution in [2.75, 3.05) is 6.54 Å². The zero-order valence-corrected chi connectivity index (χ0v) is 11.0. The Morgan fingerprint density at radius 2 is 2.11 bits per heavy atom. The van der Waals surface area contributed by atoms with E-state index in [9.17, 15) is 4.79 Å². The minimum atomic E-state index is -0.394. The molecule has 0 aliphatic rings. The number of imidazole rings is 1. The number of rotatable bonds is 6. The van der Waals surface area contributed by atoms with Crippen LogP contribution in [0.4, 0.5) is 0 Å². The van der Waals surface area contributed by atoms with Gasteiger partial charge in [-0.05, 0) is 17.7 Å². The van der Waals surface area contributed by atoms with Gasteiger partial charge < -0.3 is 15.6 Å². The molecule has 100 valence electrons. The smallest absolute Gasteiger partial charge is 0.248 e. The Morgan fingerprint density at radius 3 is 2.68 bits per heavy atom. The van der Waals surface area contributed by atoms with E-state index in [4.69, 9.17) is 5.73 Å². The van der Waals surface area contributed by atoms with Crippen molar-refractivity contribution < 1.29 is 4.79 Å². The molecule has 0 unspecified atom stereocenters. The van der Waals surface area contributed by atoms with Gasteiger partial charge in [0.2, 0.25) is 5.91 Å². The summed E-state index contributed by atoms with van der Waals surface area (Å²) in [6.07, 6.45) is 4.64. The fourth-order valence-electron chi connectivity index (χ4n) is 1.86. The van der Waals surface area contributed by atoms with Crippen LogP contribution in [0, 0.1) is 0 Å². The first-order valence-corrected chi connectivity index (χ1v) is 6.22. The van der Waals surface area contributed by atoms with Crippen molar-refractivity contribution in [3.63, 3.8) is 0 Å². The molecule has 2 rings (SSSR count). The number of hydrogen-bond donors (Lipinski definition) is 2. The van der Waals surface area contributed by atoms with Crippen LogP contribution in [0.5, 0.6) is 0 Å². The first-order chi connectivity index (χ1) is 9.16. The highest BCUT2D eigenvalue weighted by Gasteiger charge is 2.01. The highest BCUT2D eigenvalue weighted by molar-refractivity contribution is 5.92. The van der Waals surface area contributed by atoms with Crippen molar-refractivity contribution in [3.05, 3.63) is 53.6 Å². The number of carbonyl (C=O) groups excluding carboxylic acids is 1. The van der Waals surface area contributed by atoms with Gasteiger partial charge in [-0.25, -0.2) is 4.98 Å². The van der Waals surface area contributed by atoms with Gasteiger partial charge in [0.05, 0.1) is 0 Å². The van der Waals surface area contributed by atoms with Crippen molar-refractivity contribution in [1.29, 1.82) is 0 Å². The number of amides is 1. The van der Waals surface area contributed by atoms with E-state index in [-0.39, 0.29) is 0 Å². The molecule has 0 aliphatic heterocycles. The van der Waals surface area contributed by atoms with Gasteiger partial charge in [-0.15, -0.1) is 0 Å². The monoisotopic (exact) mass is 258 g/mol. The summed E-state index contributed by atoms with van der Waals surface area (Å²) in [6.45, 7) is 1.63. The Kier molecular flexibility index (Phi) is 4.30. The molecule has 0 radical (unpaired) electrons. The lowest BCUT2D eigenvalue weighted by atomic mass is 10.1. The highest BCUT2D eigenvalue weighted by atomic mass is 16.1. The molecule has 1 aromatic carbocycles. The van der Waals surface area contributed by atoms with Gasteiger partial charge in [0.25, 0.3) is 0 Å². The van der Waals surface area contributed by atoms with Crippen molar-refractivity contribution in [2.24, 2.45) is 12.8 Å². The molecule has 0 aliphatic carbocycles. The summed E-state index contributed by atoms with van der Waals surface area (Å²) in [6, 6.07) is 7.32. The van der Waals surface area contributed by atoms with E-state index < -0.39 is 5.91 Å². The van der Waals surface area contributed by atoms with Gasteiger partial charge in [-0.2, -0.15) is 0 Å². The lowest BCUT2D eigenvalue weighted by Gasteiger charge is -2.05. The molecule has 5 nitrogen and oxygen atoms in total. The number of aromatic nitrogens is 2. The molecule has 0 fully saturated rings. The minimum absolute atomic E-state index is 0.394. The molecule has 1 amide bonds. The molecule has 19 heavy (non-hydrogen) atoms. The summed E-state index contributed by atoms with van der Waals surface area (Å²) in [5.41, 5.74) is 6.86. The van der Waals surface area contributed by atoms with Crippen LogP contribution in [0.2, 0.25) is 0 Å². The van der Waals surface area contributed by atoms with Crippen molar-refractivity contribution in [2.45, 2.75) is 13.0 Å². The van der Waals surface area contributed by atoms with Crippen LogP contribution in [-0.2, 0) is 20.0 Å². The zero-order chi connectivity index (χ0) is 13.7. The fourth-order valence-corrected chi connectivity index (χ4v) is 1.86. The maximum absolute atomic E-state index is 10.9. The molecule has 0 bridgehead atoms. The Balaban J connectivity index is 1.76. The Morgan fingerprint density at radius 1 is 1.37 bits per heavy atom. The second-order valence-corrected chi connectivity index (χ2v) is 4.44. The summed E-state index contributed by atoms with van der Waals surface area (Å²) in [4.78, 5) is 15.2. The van der Waals surface area contributed by atoms with Crippen molar-refractivity contribution in [1.82, 2.24) is 14.9 Å². The molecule has 0 saturated carbocycles. The summed E-state index contributed by atoms with van der Waals surface area (Å²) >= 11 is 0. The van der Waals surface area contributed by atoms with Gasteiger partial charge in [0.15, 0.2) is 0 Å². The number of nitrogens with two attached hydrogens (primary N) is 1. The Labute approximate surface area is 112 Å². The number of nitrogens with zero attached hydrogens (tertiary/aromatic N) is 2. The summed E-state index contributed by atoms with van der Waals surface area (Å²) < 4.78 is 2.02. The number of aryl methyl sites for hydroxylation is 1. The third-order valence-corrected chi connectivity index (χ3v) is 3.01. The Hall–Kier alpha value is -2.14. The topological polar surface area (TPSA) is 72.9 Å². The van der Waals surface area contributed by atoms with Crippen LogP contribution in [0.3, 0.4) is 0 Å². The van der Waals surface area contributed by atoms with E-state index in [0.29, 0.717) is 5.56 Å². The molecule has 3 N–H and O–H groups in total. The number of carbonyl (C=O) groups is 1. The van der Waals surface area contributed by atoms with Crippen LogP contribution in [-0.4, -0.2) is 22.0 Å². The van der Waals surface area contributed by atoms with E-state index in [1.165, 1.54) is 0 Å². The quantitative estimate of drug-likeness (QED) is 0.754. The second-order valence-electron chi connectivity index (χ2n) is 4.44. The number of hydrogen-bond acceptors (Lipinski definition) is 3. The predicted molar refractivity (Wildman–Crippen MR) is 73.6 cm³/mol. The highest BCUT2D eigenvalue weighted by Crippen LogP contribution is 2.03. The van der Waals surface area contributed by atoms with E-state index in [0.717, 1.165) is 30.9 Å². The SMILES string of the molecule is Cn1ccnc1CCNCc1ccc(C(N)=O)cc1. The molecule has 1 heterocycles. The average Bonchev–Trinajstić information content (AvgIpc) is 2.81. The molecule has 0 atom stereocenters. The zero-order valence-electron chi connectivity index (χ0n) is 11.0. The number of benzene rings is 1. The van der Waals surface area contributed by atoms with Gasteiger partial charge in [-0.1, -0.05) is 12.1 Å². The maximum Gasteiger partial charge on any atom is 0.248 e. The third-order valence-electron chi connectivity index (χ3n) is 3.01. The third kappa shape index (κ3) is 3.66. The van der Waals surface area contributed by atoms with Crippen molar-refractivity contribution in [3.8, 4) is 0 Å². The fraction of sp³-hybridized carbons (Fsp3) is 0.286. The average molecular weight is 258 g/mol. The Bertz CT molecular complexity index is 545. The summed E-state index contributed by atoms with van der Waals surface area (Å²) in [5.74, 6) is 0.672. The largest absolute Gasteiger partial charge is 0.366 e. The van der Waals surface area contributed by atoms with Gasteiger partial charge in [0.1, 0.15) is 5.82 Å². The lowest BCUT2D eigenvalue weighted by Crippen LogP contribution is -2.18. The van der Waals surface area contributed by atoms with Crippen LogP contribution in [0.15, 0.2) is 36.7 Å². The number of primary amides is 1. The molecule has 5 heteroatoms. The van der Waals surface area contributed by atoms with Crippen LogP contribution in [0.25, 0.3) is 0 Å². The van der Waals surface area contributed by atoms with Gasteiger partial charge in [0, 0.05) is 44.5 Å². The predicted octanol–water partition coefficient (Wildman–Crippen LogP) is 0.851. The molecule has 2 aromatic rings. The first kappa shape index (κ1) is 13.3. The molecule has 0 saturated heterocycles. The van der Waals surface area contributed by atoms with Crippen LogP contribution >= 0.6 is 0 Å². The van der Waals surface area contributed by atoms with Gasteiger partial charge >= 0.3 is 0 Å². The molecular weight excluding hydrogens is 240 g/mol. The minimum Gasteiger partial charge on any atom is -0.366 e. The lowest BCUT2D eigenvalue weighted by molar-refractivity contribution is 0.100. The summed E-state index contributed by atoms with van der Waals surface area (Å²) in [7, 11) is 1.99. The van der Waals surface area contributed by atoms with E-state index in [2.05, 4.69) is 10.3 Å². The van der Waals surface area contributed by atoms with Crippen LogP contribution in [0.1, 0.15) is 21.7 Å². The normalized spacial score (nSPS) is 10.6. The first-order valence-electron chi connectivity index (χ1n) is 6.22. The van der Waals surface area contributed by atoms with Crippen molar-refractivity contribution >= 4 is 5.91 Å².